The molecule has 124 valence electrons. The smallest absolute Gasteiger partial charge is 0.126 e. The highest BCUT2D eigenvalue weighted by Gasteiger charge is 2.13. The lowest BCUT2D eigenvalue weighted by molar-refractivity contribution is 0.0999. The average Bonchev–Trinajstić information content (AvgIpc) is 3.02. The zero-order valence-corrected chi connectivity index (χ0v) is 13.8. The Balaban J connectivity index is 1.92. The summed E-state index contributed by atoms with van der Waals surface area (Å²) in [5, 5.41) is 17.1. The van der Waals surface area contributed by atoms with E-state index in [1.54, 1.807) is 6.07 Å². The summed E-state index contributed by atoms with van der Waals surface area (Å²) >= 11 is 0. The SMILES string of the molecule is CC(C)(C)NCC(O)COc1ccccc1C=Cc1ccon1. The van der Waals surface area contributed by atoms with E-state index in [1.165, 1.54) is 6.26 Å². The van der Waals surface area contributed by atoms with E-state index in [2.05, 4.69) is 31.2 Å². The Bertz CT molecular complexity index is 615. The van der Waals surface area contributed by atoms with Gasteiger partial charge in [-0.3, -0.25) is 0 Å². The highest BCUT2D eigenvalue weighted by Crippen LogP contribution is 2.20. The van der Waals surface area contributed by atoms with Gasteiger partial charge in [-0.2, -0.15) is 0 Å². The number of aliphatic hydroxyl groups is 1. The van der Waals surface area contributed by atoms with E-state index >= 15 is 0 Å². The number of rotatable bonds is 7. The molecule has 0 spiro atoms. The standard InChI is InChI=1S/C18H24N2O3/c1-18(2,3)19-12-16(21)13-22-17-7-5-4-6-14(17)8-9-15-10-11-23-20-15/h4-11,16,19,21H,12-13H2,1-3H3. The molecule has 2 rings (SSSR count). The van der Waals surface area contributed by atoms with E-state index < -0.39 is 6.10 Å². The average molecular weight is 316 g/mol. The molecule has 0 radical (unpaired) electrons. The minimum atomic E-state index is -0.568. The van der Waals surface area contributed by atoms with Crippen molar-refractivity contribution in [2.75, 3.05) is 13.2 Å². The minimum Gasteiger partial charge on any atom is -0.490 e. The first kappa shape index (κ1) is 17.2. The number of hydrogen-bond donors (Lipinski definition) is 2. The lowest BCUT2D eigenvalue weighted by atomic mass is 10.1. The molecular formula is C18H24N2O3. The fourth-order valence-electron chi connectivity index (χ4n) is 1.90. The number of para-hydroxylation sites is 1. The van der Waals surface area contributed by atoms with E-state index in [0.717, 1.165) is 17.0 Å². The van der Waals surface area contributed by atoms with Crippen LogP contribution in [0.4, 0.5) is 0 Å². The zero-order valence-electron chi connectivity index (χ0n) is 13.8. The molecular weight excluding hydrogens is 292 g/mol. The summed E-state index contributed by atoms with van der Waals surface area (Å²) in [6, 6.07) is 9.45. The molecule has 0 fully saturated rings. The van der Waals surface area contributed by atoms with Gasteiger partial charge in [0.2, 0.25) is 0 Å². The second kappa shape index (κ2) is 7.94. The predicted octanol–water partition coefficient (Wildman–Crippen LogP) is 2.97. The van der Waals surface area contributed by atoms with Crippen LogP contribution in [0.25, 0.3) is 12.2 Å². The van der Waals surface area contributed by atoms with Crippen LogP contribution >= 0.6 is 0 Å². The molecule has 0 bridgehead atoms. The molecule has 2 aromatic rings. The lowest BCUT2D eigenvalue weighted by Crippen LogP contribution is -2.42. The molecule has 0 aliphatic carbocycles. The molecule has 0 aliphatic rings. The van der Waals surface area contributed by atoms with Gasteiger partial charge in [-0.1, -0.05) is 23.4 Å². The Labute approximate surface area is 137 Å². The molecule has 5 nitrogen and oxygen atoms in total. The molecule has 0 saturated heterocycles. The number of aromatic nitrogens is 1. The third-order valence-electron chi connectivity index (χ3n) is 3.11. The predicted molar refractivity (Wildman–Crippen MR) is 91.1 cm³/mol. The van der Waals surface area contributed by atoms with E-state index in [4.69, 9.17) is 9.26 Å². The summed E-state index contributed by atoms with van der Waals surface area (Å²) < 4.78 is 10.5. The van der Waals surface area contributed by atoms with Crippen LogP contribution in [0.15, 0.2) is 41.1 Å². The molecule has 0 saturated carbocycles. The number of nitrogens with zero attached hydrogens (tertiary/aromatic N) is 1. The van der Waals surface area contributed by atoms with Crippen molar-refractivity contribution in [1.82, 2.24) is 10.5 Å². The summed E-state index contributed by atoms with van der Waals surface area (Å²) in [5.74, 6) is 0.724. The molecule has 0 amide bonds. The number of β-amino-alcohol motifs (C(OH)–C–C–N with tert-alkyl or cyclic N) is 1. The third kappa shape index (κ3) is 6.26. The van der Waals surface area contributed by atoms with Gasteiger partial charge in [0.1, 0.15) is 30.4 Å². The number of hydrogen-bond acceptors (Lipinski definition) is 5. The number of benzene rings is 1. The van der Waals surface area contributed by atoms with Crippen LogP contribution in [-0.2, 0) is 0 Å². The summed E-state index contributed by atoms with van der Waals surface area (Å²) in [4.78, 5) is 0. The molecule has 1 aromatic heterocycles. The quantitative estimate of drug-likeness (QED) is 0.822. The Kier molecular flexibility index (Phi) is 5.96. The Morgan fingerprint density at radius 1 is 1.26 bits per heavy atom. The topological polar surface area (TPSA) is 67.5 Å². The van der Waals surface area contributed by atoms with Crippen LogP contribution in [0.1, 0.15) is 32.0 Å². The number of nitrogens with one attached hydrogen (secondary N) is 1. The second-order valence-electron chi connectivity index (χ2n) is 6.39. The lowest BCUT2D eigenvalue weighted by Gasteiger charge is -2.23. The third-order valence-corrected chi connectivity index (χ3v) is 3.11. The van der Waals surface area contributed by atoms with Crippen molar-refractivity contribution in [2.45, 2.75) is 32.4 Å². The number of ether oxygens (including phenoxy) is 1. The summed E-state index contributed by atoms with van der Waals surface area (Å²) in [6.45, 7) is 6.90. The van der Waals surface area contributed by atoms with Gasteiger partial charge in [-0.25, -0.2) is 0 Å². The first-order valence-electron chi connectivity index (χ1n) is 7.67. The highest BCUT2D eigenvalue weighted by molar-refractivity contribution is 5.70. The summed E-state index contributed by atoms with van der Waals surface area (Å²) in [7, 11) is 0. The van der Waals surface area contributed by atoms with Crippen LogP contribution in [-0.4, -0.2) is 35.1 Å². The normalized spacial score (nSPS) is 13.4. The molecule has 1 atom stereocenters. The Hall–Kier alpha value is -2.11. The highest BCUT2D eigenvalue weighted by atomic mass is 16.5. The van der Waals surface area contributed by atoms with E-state index in [0.29, 0.717) is 6.54 Å². The first-order chi connectivity index (χ1) is 10.9. The van der Waals surface area contributed by atoms with Crippen LogP contribution in [0.5, 0.6) is 5.75 Å². The second-order valence-corrected chi connectivity index (χ2v) is 6.39. The van der Waals surface area contributed by atoms with Gasteiger partial charge in [0.15, 0.2) is 0 Å². The maximum Gasteiger partial charge on any atom is 0.126 e. The van der Waals surface area contributed by atoms with Gasteiger partial charge in [-0.15, -0.1) is 0 Å². The van der Waals surface area contributed by atoms with Gasteiger partial charge in [0.05, 0.1) is 0 Å². The fourth-order valence-corrected chi connectivity index (χ4v) is 1.90. The van der Waals surface area contributed by atoms with Gasteiger partial charge < -0.3 is 19.7 Å². The van der Waals surface area contributed by atoms with Gasteiger partial charge in [-0.05, 0) is 39.0 Å². The Morgan fingerprint density at radius 2 is 2.04 bits per heavy atom. The maximum absolute atomic E-state index is 10.0. The van der Waals surface area contributed by atoms with Crippen LogP contribution in [0.2, 0.25) is 0 Å². The van der Waals surface area contributed by atoms with Gasteiger partial charge in [0.25, 0.3) is 0 Å². The zero-order chi connectivity index (χ0) is 16.7. The molecule has 2 N–H and O–H groups in total. The fraction of sp³-hybridized carbons (Fsp3) is 0.389. The van der Waals surface area contributed by atoms with Crippen LogP contribution < -0.4 is 10.1 Å². The molecule has 23 heavy (non-hydrogen) atoms. The molecule has 1 aromatic carbocycles. The van der Waals surface area contributed by atoms with Crippen molar-refractivity contribution in [1.29, 1.82) is 0 Å². The molecule has 1 unspecified atom stereocenters. The summed E-state index contributed by atoms with van der Waals surface area (Å²) in [6.07, 6.45) is 4.72. The number of aliphatic hydroxyl groups excluding tert-OH is 1. The van der Waals surface area contributed by atoms with Crippen molar-refractivity contribution >= 4 is 12.2 Å². The van der Waals surface area contributed by atoms with Crippen molar-refractivity contribution in [2.24, 2.45) is 0 Å². The first-order valence-corrected chi connectivity index (χ1v) is 7.67. The largest absolute Gasteiger partial charge is 0.490 e. The van der Waals surface area contributed by atoms with Gasteiger partial charge >= 0.3 is 0 Å². The molecule has 0 aliphatic heterocycles. The molecule has 1 heterocycles. The summed E-state index contributed by atoms with van der Waals surface area (Å²) in [5.41, 5.74) is 1.64. The van der Waals surface area contributed by atoms with Crippen molar-refractivity contribution in [3.05, 3.63) is 47.9 Å². The van der Waals surface area contributed by atoms with E-state index in [1.807, 2.05) is 36.4 Å². The van der Waals surface area contributed by atoms with Crippen LogP contribution in [0.3, 0.4) is 0 Å². The van der Waals surface area contributed by atoms with E-state index in [9.17, 15) is 5.11 Å². The van der Waals surface area contributed by atoms with Crippen LogP contribution in [0, 0.1) is 0 Å². The molecule has 5 heteroatoms. The Morgan fingerprint density at radius 3 is 2.74 bits per heavy atom. The monoisotopic (exact) mass is 316 g/mol. The van der Waals surface area contributed by atoms with E-state index in [-0.39, 0.29) is 12.1 Å². The van der Waals surface area contributed by atoms with Crippen molar-refractivity contribution < 1.29 is 14.4 Å². The van der Waals surface area contributed by atoms with Crippen molar-refractivity contribution in [3.8, 4) is 5.75 Å². The minimum absolute atomic E-state index is 0.0286. The maximum atomic E-state index is 10.0. The van der Waals surface area contributed by atoms with Crippen molar-refractivity contribution in [3.63, 3.8) is 0 Å². The van der Waals surface area contributed by atoms with Gasteiger partial charge in [0, 0.05) is 23.7 Å².